The molecular weight excluding hydrogens is 384 g/mol. The average Bonchev–Trinajstić information content (AvgIpc) is 2.47. The summed E-state index contributed by atoms with van der Waals surface area (Å²) in [6, 6.07) is 9.53. The van der Waals surface area contributed by atoms with E-state index in [2.05, 4.69) is 36.8 Å². The topological polar surface area (TPSA) is 33.2 Å². The zero-order chi connectivity index (χ0) is 14.5. The monoisotopic (exact) mass is 396 g/mol. The number of halogens is 2. The summed E-state index contributed by atoms with van der Waals surface area (Å²) in [7, 11) is 1.82. The first-order chi connectivity index (χ1) is 9.58. The number of aromatic nitrogens is 1. The van der Waals surface area contributed by atoms with E-state index in [0.717, 1.165) is 15.4 Å². The molecule has 1 amide bonds. The minimum Gasteiger partial charge on any atom is -0.341 e. The van der Waals surface area contributed by atoms with E-state index < -0.39 is 0 Å². The van der Waals surface area contributed by atoms with E-state index in [1.54, 1.807) is 17.3 Å². The number of carbonyl (C=O) groups excluding carboxylic acids is 1. The highest BCUT2D eigenvalue weighted by molar-refractivity contribution is 9.11. The molecule has 0 radical (unpaired) electrons. The van der Waals surface area contributed by atoms with Crippen LogP contribution in [0.4, 0.5) is 0 Å². The molecule has 104 valence electrons. The molecule has 2 aromatic rings. The van der Waals surface area contributed by atoms with Crippen molar-refractivity contribution < 1.29 is 4.79 Å². The van der Waals surface area contributed by atoms with E-state index >= 15 is 0 Å². The van der Waals surface area contributed by atoms with Crippen LogP contribution in [0.3, 0.4) is 0 Å². The van der Waals surface area contributed by atoms with Crippen LogP contribution in [-0.2, 0) is 6.42 Å². The maximum Gasteiger partial charge on any atom is 0.254 e. The molecule has 1 heterocycles. The molecule has 0 N–H and O–H groups in total. The summed E-state index contributed by atoms with van der Waals surface area (Å²) in [6.45, 7) is 0.668. The lowest BCUT2D eigenvalue weighted by molar-refractivity contribution is 0.0795. The first kappa shape index (κ1) is 15.2. The van der Waals surface area contributed by atoms with Crippen LogP contribution in [0.5, 0.6) is 0 Å². The Kier molecular flexibility index (Phi) is 5.31. The van der Waals surface area contributed by atoms with Gasteiger partial charge in [0.05, 0.1) is 5.56 Å². The van der Waals surface area contributed by atoms with Gasteiger partial charge in [0.25, 0.3) is 5.91 Å². The maximum absolute atomic E-state index is 12.4. The fourth-order valence-electron chi connectivity index (χ4n) is 1.81. The molecule has 5 heteroatoms. The number of hydrogen-bond donors (Lipinski definition) is 0. The quantitative estimate of drug-likeness (QED) is 0.783. The molecule has 0 unspecified atom stereocenters. The summed E-state index contributed by atoms with van der Waals surface area (Å²) >= 11 is 6.81. The Balaban J connectivity index is 2.03. The van der Waals surface area contributed by atoms with Crippen molar-refractivity contribution in [1.82, 2.24) is 9.88 Å². The largest absolute Gasteiger partial charge is 0.341 e. The zero-order valence-corrected chi connectivity index (χ0v) is 14.2. The second kappa shape index (κ2) is 6.99. The third kappa shape index (κ3) is 3.90. The van der Waals surface area contributed by atoms with Crippen molar-refractivity contribution in [2.75, 3.05) is 13.6 Å². The standard InChI is InChI=1S/C15H14Br2N2O/c1-19(9-6-11-4-7-18-8-5-11)15(20)13-10-12(16)2-3-14(13)17/h2-5,7-8,10H,6,9H2,1H3. The summed E-state index contributed by atoms with van der Waals surface area (Å²) < 4.78 is 1.70. The van der Waals surface area contributed by atoms with E-state index in [1.165, 1.54) is 5.56 Å². The second-order valence-electron chi connectivity index (χ2n) is 4.46. The molecule has 0 saturated heterocycles. The average molecular weight is 398 g/mol. The van der Waals surface area contributed by atoms with Gasteiger partial charge in [-0.1, -0.05) is 15.9 Å². The molecule has 0 saturated carbocycles. The van der Waals surface area contributed by atoms with Crippen LogP contribution in [-0.4, -0.2) is 29.4 Å². The number of nitrogens with zero attached hydrogens (tertiary/aromatic N) is 2. The Morgan fingerprint density at radius 1 is 1.20 bits per heavy atom. The van der Waals surface area contributed by atoms with E-state index in [4.69, 9.17) is 0 Å². The molecule has 20 heavy (non-hydrogen) atoms. The predicted octanol–water partition coefficient (Wildman–Crippen LogP) is 3.92. The summed E-state index contributed by atoms with van der Waals surface area (Å²) in [5.41, 5.74) is 1.84. The van der Waals surface area contributed by atoms with Gasteiger partial charge < -0.3 is 4.90 Å². The van der Waals surface area contributed by atoms with Gasteiger partial charge in [-0.3, -0.25) is 9.78 Å². The van der Waals surface area contributed by atoms with Crippen molar-refractivity contribution in [2.45, 2.75) is 6.42 Å². The zero-order valence-electron chi connectivity index (χ0n) is 11.0. The van der Waals surface area contributed by atoms with Crippen molar-refractivity contribution in [2.24, 2.45) is 0 Å². The molecule has 1 aromatic heterocycles. The number of amides is 1. The minimum absolute atomic E-state index is 0.00670. The fraction of sp³-hybridized carbons (Fsp3) is 0.200. The smallest absolute Gasteiger partial charge is 0.254 e. The fourth-order valence-corrected chi connectivity index (χ4v) is 2.59. The number of likely N-dealkylation sites (N-methyl/N-ethyl adjacent to an activating group) is 1. The number of hydrogen-bond acceptors (Lipinski definition) is 2. The van der Waals surface area contributed by atoms with Crippen LogP contribution in [0.15, 0.2) is 51.7 Å². The lowest BCUT2D eigenvalue weighted by atomic mass is 10.1. The van der Waals surface area contributed by atoms with Gasteiger partial charge in [-0.05, 0) is 58.2 Å². The van der Waals surface area contributed by atoms with E-state index in [1.807, 2.05) is 37.4 Å². The van der Waals surface area contributed by atoms with Gasteiger partial charge in [-0.15, -0.1) is 0 Å². The lowest BCUT2D eigenvalue weighted by Crippen LogP contribution is -2.29. The van der Waals surface area contributed by atoms with Gasteiger partial charge in [-0.25, -0.2) is 0 Å². The van der Waals surface area contributed by atoms with Crippen LogP contribution in [0.1, 0.15) is 15.9 Å². The Hall–Kier alpha value is -1.20. The highest BCUT2D eigenvalue weighted by atomic mass is 79.9. The summed E-state index contributed by atoms with van der Waals surface area (Å²) in [6.07, 6.45) is 4.35. The van der Waals surface area contributed by atoms with Gasteiger partial charge in [0, 0.05) is 34.9 Å². The molecule has 0 fully saturated rings. The van der Waals surface area contributed by atoms with E-state index in [0.29, 0.717) is 12.1 Å². The molecule has 0 aliphatic carbocycles. The first-order valence-corrected chi connectivity index (χ1v) is 7.76. The summed E-state index contributed by atoms with van der Waals surface area (Å²) in [5, 5.41) is 0. The maximum atomic E-state index is 12.4. The molecule has 3 nitrogen and oxygen atoms in total. The highest BCUT2D eigenvalue weighted by Gasteiger charge is 2.15. The van der Waals surface area contributed by atoms with E-state index in [9.17, 15) is 4.79 Å². The Morgan fingerprint density at radius 2 is 1.90 bits per heavy atom. The number of rotatable bonds is 4. The van der Waals surface area contributed by atoms with E-state index in [-0.39, 0.29) is 5.91 Å². The van der Waals surface area contributed by atoms with Crippen molar-refractivity contribution in [1.29, 1.82) is 0 Å². The molecule has 0 aliphatic rings. The molecule has 0 atom stereocenters. The molecule has 0 bridgehead atoms. The number of pyridine rings is 1. The van der Waals surface area contributed by atoms with Crippen LogP contribution in [0.25, 0.3) is 0 Å². The predicted molar refractivity (Wildman–Crippen MR) is 86.7 cm³/mol. The third-order valence-corrected chi connectivity index (χ3v) is 4.18. The molecular formula is C15H14Br2N2O. The Labute approximate surface area is 135 Å². The van der Waals surface area contributed by atoms with Crippen molar-refractivity contribution in [3.8, 4) is 0 Å². The van der Waals surface area contributed by atoms with Crippen LogP contribution < -0.4 is 0 Å². The highest BCUT2D eigenvalue weighted by Crippen LogP contribution is 2.22. The summed E-state index contributed by atoms with van der Waals surface area (Å²) in [5.74, 6) is 0.00670. The van der Waals surface area contributed by atoms with Crippen molar-refractivity contribution in [3.63, 3.8) is 0 Å². The molecule has 1 aromatic carbocycles. The third-order valence-electron chi connectivity index (χ3n) is 2.99. The van der Waals surface area contributed by atoms with Crippen LogP contribution in [0.2, 0.25) is 0 Å². The molecule has 0 spiro atoms. The second-order valence-corrected chi connectivity index (χ2v) is 6.23. The van der Waals surface area contributed by atoms with Gasteiger partial charge in [0.1, 0.15) is 0 Å². The number of benzene rings is 1. The van der Waals surface area contributed by atoms with Gasteiger partial charge in [-0.2, -0.15) is 0 Å². The SMILES string of the molecule is CN(CCc1ccncc1)C(=O)c1cc(Br)ccc1Br. The normalized spacial score (nSPS) is 10.3. The lowest BCUT2D eigenvalue weighted by Gasteiger charge is -2.18. The minimum atomic E-state index is 0.00670. The van der Waals surface area contributed by atoms with Crippen molar-refractivity contribution >= 4 is 37.8 Å². The van der Waals surface area contributed by atoms with Crippen LogP contribution in [0, 0.1) is 0 Å². The van der Waals surface area contributed by atoms with Gasteiger partial charge >= 0.3 is 0 Å². The Morgan fingerprint density at radius 3 is 2.60 bits per heavy atom. The first-order valence-electron chi connectivity index (χ1n) is 6.17. The Bertz CT molecular complexity index is 602. The number of carbonyl (C=O) groups is 1. The molecule has 2 rings (SSSR count). The molecule has 0 aliphatic heterocycles. The van der Waals surface area contributed by atoms with Gasteiger partial charge in [0.2, 0.25) is 0 Å². The van der Waals surface area contributed by atoms with Crippen molar-refractivity contribution in [3.05, 3.63) is 62.8 Å². The van der Waals surface area contributed by atoms with Gasteiger partial charge in [0.15, 0.2) is 0 Å². The van der Waals surface area contributed by atoms with Crippen LogP contribution >= 0.6 is 31.9 Å². The summed E-state index contributed by atoms with van der Waals surface area (Å²) in [4.78, 5) is 18.1.